The predicted octanol–water partition coefficient (Wildman–Crippen LogP) is 3.53. The third kappa shape index (κ3) is 2.03. The second kappa shape index (κ2) is 3.56. The first-order valence-electron chi connectivity index (χ1n) is 4.95. The molecule has 1 nitrogen and oxygen atoms in total. The third-order valence-corrected chi connectivity index (χ3v) is 2.39. The third-order valence-electron chi connectivity index (χ3n) is 2.39. The van der Waals surface area contributed by atoms with Crippen LogP contribution in [0.5, 0.6) is 0 Å². The predicted molar refractivity (Wildman–Crippen MR) is 59.7 cm³/mol. The molecule has 0 amide bonds. The van der Waals surface area contributed by atoms with Gasteiger partial charge in [0.25, 0.3) is 0 Å². The van der Waals surface area contributed by atoms with Crippen molar-refractivity contribution in [1.29, 1.82) is 0 Å². The molecule has 1 aromatic rings. The van der Waals surface area contributed by atoms with Crippen molar-refractivity contribution >= 4 is 5.78 Å². The minimum absolute atomic E-state index is 0.230. The van der Waals surface area contributed by atoms with Gasteiger partial charge in [-0.25, -0.2) is 0 Å². The monoisotopic (exact) mass is 190 g/mol. The zero-order chi connectivity index (χ0) is 10.9. The molecule has 0 N–H and O–H groups in total. The van der Waals surface area contributed by atoms with Gasteiger partial charge in [0.2, 0.25) is 0 Å². The Kier molecular flexibility index (Phi) is 2.79. The number of carbonyl (C=O) groups excluding carboxylic acids is 1. The summed E-state index contributed by atoms with van der Waals surface area (Å²) in [5, 5.41) is 0. The molecule has 0 aromatic heterocycles. The standard InChI is InChI=1S/C13H18O/c1-9-7-6-8-10(2)11(9)12(14)13(3,4)5/h6-8H,1-5H3. The van der Waals surface area contributed by atoms with E-state index in [2.05, 4.69) is 0 Å². The van der Waals surface area contributed by atoms with Crippen LogP contribution in [0.15, 0.2) is 18.2 Å². The summed E-state index contributed by atoms with van der Waals surface area (Å²) in [7, 11) is 0. The molecule has 0 saturated heterocycles. The molecule has 0 radical (unpaired) electrons. The first kappa shape index (κ1) is 11.0. The lowest BCUT2D eigenvalue weighted by Crippen LogP contribution is -2.22. The number of ketones is 1. The van der Waals surface area contributed by atoms with Gasteiger partial charge < -0.3 is 0 Å². The molecule has 0 atom stereocenters. The van der Waals surface area contributed by atoms with Crippen LogP contribution in [0.3, 0.4) is 0 Å². The van der Waals surface area contributed by atoms with Gasteiger partial charge in [0.15, 0.2) is 5.78 Å². The molecule has 0 aliphatic rings. The van der Waals surface area contributed by atoms with Crippen LogP contribution in [-0.2, 0) is 0 Å². The Balaban J connectivity index is 3.26. The van der Waals surface area contributed by atoms with Crippen molar-refractivity contribution in [3.63, 3.8) is 0 Å². The smallest absolute Gasteiger partial charge is 0.168 e. The SMILES string of the molecule is Cc1cccc(C)c1C(=O)C(C)(C)C. The van der Waals surface area contributed by atoms with E-state index in [1.54, 1.807) is 0 Å². The summed E-state index contributed by atoms with van der Waals surface area (Å²) >= 11 is 0. The quantitative estimate of drug-likeness (QED) is 0.619. The number of hydrogen-bond donors (Lipinski definition) is 0. The molecule has 0 saturated carbocycles. The first-order chi connectivity index (χ1) is 6.34. The van der Waals surface area contributed by atoms with E-state index in [9.17, 15) is 4.79 Å². The Morgan fingerprint density at radius 1 is 1.07 bits per heavy atom. The van der Waals surface area contributed by atoms with Crippen molar-refractivity contribution in [3.05, 3.63) is 34.9 Å². The first-order valence-corrected chi connectivity index (χ1v) is 4.95. The second-order valence-electron chi connectivity index (χ2n) is 4.85. The van der Waals surface area contributed by atoms with Crippen molar-refractivity contribution in [2.45, 2.75) is 34.6 Å². The summed E-state index contributed by atoms with van der Waals surface area (Å²) in [4.78, 5) is 12.1. The van der Waals surface area contributed by atoms with Crippen molar-refractivity contribution < 1.29 is 4.79 Å². The van der Waals surface area contributed by atoms with Crippen LogP contribution in [0.1, 0.15) is 42.3 Å². The lowest BCUT2D eigenvalue weighted by molar-refractivity contribution is 0.0857. The fourth-order valence-electron chi connectivity index (χ4n) is 1.55. The van der Waals surface area contributed by atoms with E-state index in [1.165, 1.54) is 0 Å². The highest BCUT2D eigenvalue weighted by molar-refractivity contribution is 6.02. The van der Waals surface area contributed by atoms with Gasteiger partial charge in [-0.2, -0.15) is 0 Å². The molecule has 0 unspecified atom stereocenters. The van der Waals surface area contributed by atoms with E-state index in [0.29, 0.717) is 0 Å². The molecule has 0 bridgehead atoms. The normalized spacial score (nSPS) is 11.5. The summed E-state index contributed by atoms with van der Waals surface area (Å²) in [6.07, 6.45) is 0. The van der Waals surface area contributed by atoms with Gasteiger partial charge in [-0.1, -0.05) is 39.0 Å². The summed E-state index contributed by atoms with van der Waals surface area (Å²) in [5.41, 5.74) is 2.74. The van der Waals surface area contributed by atoms with E-state index in [4.69, 9.17) is 0 Å². The van der Waals surface area contributed by atoms with E-state index >= 15 is 0 Å². The molecule has 76 valence electrons. The largest absolute Gasteiger partial charge is 0.294 e. The summed E-state index contributed by atoms with van der Waals surface area (Å²) in [6, 6.07) is 5.97. The topological polar surface area (TPSA) is 17.1 Å². The second-order valence-corrected chi connectivity index (χ2v) is 4.85. The lowest BCUT2D eigenvalue weighted by Gasteiger charge is -2.19. The highest BCUT2D eigenvalue weighted by Crippen LogP contribution is 2.25. The fourth-order valence-corrected chi connectivity index (χ4v) is 1.55. The molecular weight excluding hydrogens is 172 g/mol. The zero-order valence-corrected chi connectivity index (χ0v) is 9.64. The Labute approximate surface area is 86.1 Å². The van der Waals surface area contributed by atoms with Crippen molar-refractivity contribution in [3.8, 4) is 0 Å². The fraction of sp³-hybridized carbons (Fsp3) is 0.462. The van der Waals surface area contributed by atoms with Crippen LogP contribution >= 0.6 is 0 Å². The van der Waals surface area contributed by atoms with Gasteiger partial charge in [0, 0.05) is 11.0 Å². The number of carbonyl (C=O) groups is 1. The molecule has 0 aliphatic heterocycles. The molecule has 0 aliphatic carbocycles. The van der Waals surface area contributed by atoms with Gasteiger partial charge in [0.05, 0.1) is 0 Å². The van der Waals surface area contributed by atoms with Crippen LogP contribution in [-0.4, -0.2) is 5.78 Å². The average molecular weight is 190 g/mol. The van der Waals surface area contributed by atoms with Crippen LogP contribution in [0, 0.1) is 19.3 Å². The molecule has 0 heterocycles. The van der Waals surface area contributed by atoms with Gasteiger partial charge in [-0.05, 0) is 25.0 Å². The number of aryl methyl sites for hydroxylation is 2. The summed E-state index contributed by atoms with van der Waals surface area (Å²) in [5.74, 6) is 0.230. The minimum Gasteiger partial charge on any atom is -0.294 e. The van der Waals surface area contributed by atoms with Crippen LogP contribution in [0.25, 0.3) is 0 Å². The van der Waals surface area contributed by atoms with E-state index < -0.39 is 0 Å². The van der Waals surface area contributed by atoms with Gasteiger partial charge >= 0.3 is 0 Å². The average Bonchev–Trinajstić information content (AvgIpc) is 2.01. The van der Waals surface area contributed by atoms with Crippen molar-refractivity contribution in [1.82, 2.24) is 0 Å². The molecular formula is C13H18O. The molecule has 0 spiro atoms. The maximum absolute atomic E-state index is 12.1. The maximum Gasteiger partial charge on any atom is 0.168 e. The minimum atomic E-state index is -0.295. The van der Waals surface area contributed by atoms with Crippen LogP contribution in [0.4, 0.5) is 0 Å². The van der Waals surface area contributed by atoms with Gasteiger partial charge in [-0.15, -0.1) is 0 Å². The lowest BCUT2D eigenvalue weighted by atomic mass is 9.83. The number of Topliss-reactive ketones (excluding diaryl/α,β-unsaturated/α-hetero) is 1. The van der Waals surface area contributed by atoms with Gasteiger partial charge in [-0.3, -0.25) is 4.79 Å². The number of hydrogen-bond acceptors (Lipinski definition) is 1. The molecule has 1 aromatic carbocycles. The Morgan fingerprint density at radius 2 is 1.50 bits per heavy atom. The van der Waals surface area contributed by atoms with Crippen LogP contribution in [0.2, 0.25) is 0 Å². The molecule has 14 heavy (non-hydrogen) atoms. The van der Waals surface area contributed by atoms with Crippen molar-refractivity contribution in [2.75, 3.05) is 0 Å². The summed E-state index contributed by atoms with van der Waals surface area (Å²) in [6.45, 7) is 9.86. The Hall–Kier alpha value is -1.11. The molecule has 1 rings (SSSR count). The summed E-state index contributed by atoms with van der Waals surface area (Å²) < 4.78 is 0. The Morgan fingerprint density at radius 3 is 1.86 bits per heavy atom. The highest BCUT2D eigenvalue weighted by atomic mass is 16.1. The highest BCUT2D eigenvalue weighted by Gasteiger charge is 2.25. The van der Waals surface area contributed by atoms with Gasteiger partial charge in [0.1, 0.15) is 0 Å². The maximum atomic E-state index is 12.1. The number of rotatable bonds is 1. The Bertz CT molecular complexity index is 336. The van der Waals surface area contributed by atoms with Crippen molar-refractivity contribution in [2.24, 2.45) is 5.41 Å². The van der Waals surface area contributed by atoms with Crippen LogP contribution < -0.4 is 0 Å². The van der Waals surface area contributed by atoms with E-state index in [-0.39, 0.29) is 11.2 Å². The van der Waals surface area contributed by atoms with E-state index in [1.807, 2.05) is 52.8 Å². The molecule has 0 fully saturated rings. The number of benzene rings is 1. The zero-order valence-electron chi connectivity index (χ0n) is 9.64. The molecule has 1 heteroatoms. The van der Waals surface area contributed by atoms with E-state index in [0.717, 1.165) is 16.7 Å².